The van der Waals surface area contributed by atoms with Gasteiger partial charge in [0.1, 0.15) is 0 Å². The summed E-state index contributed by atoms with van der Waals surface area (Å²) in [6.07, 6.45) is 1.39. The Labute approximate surface area is 347 Å². The monoisotopic (exact) mass is 909 g/mol. The van der Waals surface area contributed by atoms with Crippen molar-refractivity contribution in [2.24, 2.45) is 0 Å². The maximum atomic E-state index is 7.23. The van der Waals surface area contributed by atoms with Crippen LogP contribution in [-0.4, -0.2) is 14.5 Å². The van der Waals surface area contributed by atoms with Gasteiger partial charge in [-0.3, -0.25) is 4.98 Å². The van der Waals surface area contributed by atoms with Crippen LogP contribution < -0.4 is 0 Å². The number of aromatic nitrogens is 3. The SMILES string of the molecule is CC(C)c1cccc(C(C)C)c1-n1c(-c2[c-]c3cc(-c4ccccc4)oc3c(-c3ccccc3)c2)nc2ccccc21.[2H]C([2H])([2H])c1ccc(-c2[c-]cccc2)nc1.[Ir]. The Kier molecular flexibility index (Phi) is 10.4. The molecule has 0 spiro atoms. The minimum absolute atomic E-state index is 0. The predicted molar refractivity (Wildman–Crippen MR) is 227 cm³/mol. The molecule has 3 aromatic heterocycles. The zero-order chi connectivity index (χ0) is 40.4. The molecule has 279 valence electrons. The zero-order valence-corrected chi connectivity index (χ0v) is 34.1. The molecule has 5 heteroatoms. The molecule has 0 fully saturated rings. The third kappa shape index (κ3) is 7.79. The maximum absolute atomic E-state index is 7.23. The molecule has 0 unspecified atom stereocenters. The Bertz CT molecular complexity index is 2790. The first-order valence-electron chi connectivity index (χ1n) is 20.2. The van der Waals surface area contributed by atoms with E-state index in [0.29, 0.717) is 11.8 Å². The van der Waals surface area contributed by atoms with Gasteiger partial charge in [-0.05, 0) is 64.3 Å². The molecule has 4 nitrogen and oxygen atoms in total. The van der Waals surface area contributed by atoms with Crippen molar-refractivity contribution in [3.8, 4) is 50.8 Å². The van der Waals surface area contributed by atoms with Crippen LogP contribution in [0.2, 0.25) is 0 Å². The number of nitrogens with zero attached hydrogens (tertiary/aromatic N) is 3. The summed E-state index contributed by atoms with van der Waals surface area (Å²) in [6, 6.07) is 57.7. The van der Waals surface area contributed by atoms with Crippen molar-refractivity contribution in [1.29, 1.82) is 0 Å². The van der Waals surface area contributed by atoms with E-state index in [1.807, 2.05) is 42.5 Å². The molecule has 0 aliphatic carbocycles. The second kappa shape index (κ2) is 16.9. The van der Waals surface area contributed by atoms with Crippen molar-refractivity contribution in [3.05, 3.63) is 187 Å². The van der Waals surface area contributed by atoms with Crippen molar-refractivity contribution in [2.75, 3.05) is 0 Å². The molecule has 0 atom stereocenters. The molecule has 1 radical (unpaired) electrons. The minimum atomic E-state index is -2.09. The number of hydrogen-bond acceptors (Lipinski definition) is 3. The van der Waals surface area contributed by atoms with Crippen molar-refractivity contribution >= 4 is 22.0 Å². The quantitative estimate of drug-likeness (QED) is 0.150. The van der Waals surface area contributed by atoms with Crippen molar-refractivity contribution in [2.45, 2.75) is 46.4 Å². The molecule has 9 aromatic rings. The summed E-state index contributed by atoms with van der Waals surface area (Å²) in [6.45, 7) is 6.98. The van der Waals surface area contributed by atoms with Crippen LogP contribution in [0, 0.1) is 19.0 Å². The van der Waals surface area contributed by atoms with Gasteiger partial charge in [-0.2, -0.15) is 0 Å². The molecule has 0 N–H and O–H groups in total. The van der Waals surface area contributed by atoms with E-state index in [1.165, 1.54) is 23.0 Å². The second-order valence-corrected chi connectivity index (χ2v) is 14.2. The molecule has 0 amide bonds. The van der Waals surface area contributed by atoms with Crippen LogP contribution in [0.4, 0.5) is 0 Å². The first-order chi connectivity index (χ1) is 28.1. The number of rotatable bonds is 7. The average Bonchev–Trinajstić information content (AvgIpc) is 3.86. The molecule has 0 aliphatic heterocycles. The number of imidazole rings is 1. The molecule has 0 saturated carbocycles. The van der Waals surface area contributed by atoms with E-state index in [-0.39, 0.29) is 25.7 Å². The van der Waals surface area contributed by atoms with Gasteiger partial charge in [-0.1, -0.05) is 148 Å². The first-order valence-corrected chi connectivity index (χ1v) is 18.7. The molecular formula is C51H43IrN3O-2. The van der Waals surface area contributed by atoms with Crippen LogP contribution in [0.15, 0.2) is 162 Å². The standard InChI is InChI=1S/C39H33N2O.C12H10N.Ir/c1-25(2)31-18-13-19-32(26(3)4)37(31)41-35-21-12-11-20-34(35)40-39(41)30-22-29-24-36(28-16-9-6-10-17-28)42-38(29)33(23-30)27-14-7-5-8-15-27;1-10-7-8-12(13-9-10)11-5-3-2-4-6-11;/h5-21,23-26H,1-4H3;2-5,7-9H,1H3;/q2*-1;/i;1D3;. The Hall–Kier alpha value is -5.87. The number of furan rings is 1. The van der Waals surface area contributed by atoms with Crippen LogP contribution >= 0.6 is 0 Å². The van der Waals surface area contributed by atoms with Crippen LogP contribution in [0.3, 0.4) is 0 Å². The van der Waals surface area contributed by atoms with Crippen molar-refractivity contribution < 1.29 is 28.6 Å². The van der Waals surface area contributed by atoms with E-state index in [1.54, 1.807) is 18.2 Å². The minimum Gasteiger partial charge on any atom is -0.499 e. The summed E-state index contributed by atoms with van der Waals surface area (Å²) in [5, 5.41) is 0.935. The summed E-state index contributed by atoms with van der Waals surface area (Å²) in [5.41, 5.74) is 12.7. The van der Waals surface area contributed by atoms with Crippen LogP contribution in [0.1, 0.15) is 60.3 Å². The van der Waals surface area contributed by atoms with E-state index < -0.39 is 6.85 Å². The van der Waals surface area contributed by atoms with Gasteiger partial charge < -0.3 is 14.0 Å². The number of fused-ring (bicyclic) bond motifs is 2. The van der Waals surface area contributed by atoms with Gasteiger partial charge in [0.05, 0.1) is 28.2 Å². The molecule has 0 saturated heterocycles. The van der Waals surface area contributed by atoms with Crippen molar-refractivity contribution in [3.63, 3.8) is 0 Å². The summed E-state index contributed by atoms with van der Waals surface area (Å²) in [5.74, 6) is 2.41. The predicted octanol–water partition coefficient (Wildman–Crippen LogP) is 13.7. The number of benzene rings is 6. The Morgan fingerprint density at radius 3 is 2.00 bits per heavy atom. The zero-order valence-electron chi connectivity index (χ0n) is 34.7. The van der Waals surface area contributed by atoms with Gasteiger partial charge in [0.25, 0.3) is 0 Å². The van der Waals surface area contributed by atoms with Gasteiger partial charge in [0.2, 0.25) is 0 Å². The third-order valence-corrected chi connectivity index (χ3v) is 9.79. The molecule has 56 heavy (non-hydrogen) atoms. The van der Waals surface area contributed by atoms with E-state index in [2.05, 4.69) is 140 Å². The van der Waals surface area contributed by atoms with E-state index in [4.69, 9.17) is 13.5 Å². The molecular weight excluding hydrogens is 863 g/mol. The van der Waals surface area contributed by atoms with Crippen LogP contribution in [0.5, 0.6) is 0 Å². The van der Waals surface area contributed by atoms with E-state index >= 15 is 0 Å². The van der Waals surface area contributed by atoms with Crippen LogP contribution in [-0.2, 0) is 20.1 Å². The van der Waals surface area contributed by atoms with Crippen molar-refractivity contribution in [1.82, 2.24) is 14.5 Å². The first kappa shape index (κ1) is 34.6. The molecule has 0 bridgehead atoms. The third-order valence-electron chi connectivity index (χ3n) is 9.79. The Balaban J connectivity index is 0.000000262. The fourth-order valence-electron chi connectivity index (χ4n) is 7.08. The Morgan fingerprint density at radius 1 is 0.679 bits per heavy atom. The van der Waals surface area contributed by atoms with Gasteiger partial charge in [0.15, 0.2) is 0 Å². The molecule has 3 heterocycles. The number of pyridine rings is 1. The van der Waals surface area contributed by atoms with Gasteiger partial charge in [-0.15, -0.1) is 48.0 Å². The summed E-state index contributed by atoms with van der Waals surface area (Å²) in [4.78, 5) is 9.39. The topological polar surface area (TPSA) is 43.9 Å². The summed E-state index contributed by atoms with van der Waals surface area (Å²) >= 11 is 0. The number of hydrogen-bond donors (Lipinski definition) is 0. The average molecular weight is 909 g/mol. The smallest absolute Gasteiger partial charge is 0.0914 e. The van der Waals surface area contributed by atoms with Gasteiger partial charge in [-0.25, -0.2) is 0 Å². The van der Waals surface area contributed by atoms with E-state index in [9.17, 15) is 0 Å². The second-order valence-electron chi connectivity index (χ2n) is 14.2. The molecule has 6 aromatic carbocycles. The summed E-state index contributed by atoms with van der Waals surface area (Å²) in [7, 11) is 0. The van der Waals surface area contributed by atoms with E-state index in [0.717, 1.165) is 67.1 Å². The maximum Gasteiger partial charge on any atom is 0.0914 e. The van der Waals surface area contributed by atoms with Crippen LogP contribution in [0.25, 0.3) is 72.8 Å². The largest absolute Gasteiger partial charge is 0.499 e. The Morgan fingerprint density at radius 2 is 1.36 bits per heavy atom. The fraction of sp³-hybridized carbons (Fsp3) is 0.137. The fourth-order valence-corrected chi connectivity index (χ4v) is 7.08. The number of para-hydroxylation sites is 3. The number of aryl methyl sites for hydroxylation is 1. The molecule has 0 aliphatic rings. The molecule has 9 rings (SSSR count). The summed E-state index contributed by atoms with van der Waals surface area (Å²) < 4.78 is 30.6. The normalized spacial score (nSPS) is 12.1. The van der Waals surface area contributed by atoms with Gasteiger partial charge in [0, 0.05) is 41.7 Å². The van der Waals surface area contributed by atoms with Gasteiger partial charge >= 0.3 is 0 Å².